The molecule has 2 fully saturated rings. The number of fused-ring (bicyclic) bond motifs is 2. The zero-order valence-electron chi connectivity index (χ0n) is 24.3. The van der Waals surface area contributed by atoms with Crippen molar-refractivity contribution in [3.8, 4) is 5.75 Å². The molecule has 224 valence electrons. The van der Waals surface area contributed by atoms with Crippen LogP contribution in [-0.4, -0.2) is 65.0 Å². The number of aliphatic hydroxyl groups is 1. The summed E-state index contributed by atoms with van der Waals surface area (Å²) in [4.78, 5) is 25.5. The lowest BCUT2D eigenvalue weighted by molar-refractivity contribution is -0.162. The van der Waals surface area contributed by atoms with Crippen LogP contribution in [0, 0.1) is 0 Å². The first-order valence-corrected chi connectivity index (χ1v) is 14.6. The van der Waals surface area contributed by atoms with Crippen molar-refractivity contribution in [1.29, 1.82) is 0 Å². The van der Waals surface area contributed by atoms with Gasteiger partial charge in [-0.15, -0.1) is 0 Å². The highest BCUT2D eigenvalue weighted by molar-refractivity contribution is 5.76. The summed E-state index contributed by atoms with van der Waals surface area (Å²) in [6, 6.07) is 27.4. The van der Waals surface area contributed by atoms with Crippen LogP contribution < -0.4 is 4.74 Å². The lowest BCUT2D eigenvalue weighted by atomic mass is 10.0. The van der Waals surface area contributed by atoms with Gasteiger partial charge in [0.05, 0.1) is 0 Å². The highest BCUT2D eigenvalue weighted by Gasteiger charge is 2.40. The molecule has 2 aliphatic heterocycles. The van der Waals surface area contributed by atoms with E-state index in [1.54, 1.807) is 19.1 Å². The Labute approximate surface area is 247 Å². The van der Waals surface area contributed by atoms with Crippen LogP contribution in [0.25, 0.3) is 0 Å². The Morgan fingerprint density at radius 1 is 0.881 bits per heavy atom. The maximum atomic E-state index is 12.0. The van der Waals surface area contributed by atoms with Crippen molar-refractivity contribution in [1.82, 2.24) is 4.90 Å². The molecule has 0 saturated carbocycles. The predicted molar refractivity (Wildman–Crippen MR) is 159 cm³/mol. The quantitative estimate of drug-likeness (QED) is 0.301. The SMILES string of the molecule is CCOC(Cc1ccc(OCc2ccccc2)cc1)C(=O)O.CN1[C@@H]2CC[C@H]1CC(OC(=O)C(O)c1ccccc1)C2. The maximum absolute atomic E-state index is 12.0. The number of carboxylic acid groups (broad SMARTS) is 1. The molecule has 0 aromatic heterocycles. The Morgan fingerprint density at radius 2 is 1.48 bits per heavy atom. The van der Waals surface area contributed by atoms with E-state index in [9.17, 15) is 14.7 Å². The number of carbonyl (C=O) groups is 2. The summed E-state index contributed by atoms with van der Waals surface area (Å²) in [5.74, 6) is -0.702. The van der Waals surface area contributed by atoms with Gasteiger partial charge in [0.15, 0.2) is 12.2 Å². The molecule has 2 bridgehead atoms. The second kappa shape index (κ2) is 15.5. The lowest BCUT2D eigenvalue weighted by Gasteiger charge is -2.36. The molecule has 0 aliphatic carbocycles. The van der Waals surface area contributed by atoms with E-state index in [0.29, 0.717) is 37.3 Å². The molecule has 3 unspecified atom stereocenters. The number of nitrogens with zero attached hydrogens (tertiary/aromatic N) is 1. The van der Waals surface area contributed by atoms with Gasteiger partial charge in [-0.25, -0.2) is 9.59 Å². The number of ether oxygens (including phenoxy) is 3. The van der Waals surface area contributed by atoms with Gasteiger partial charge in [-0.2, -0.15) is 0 Å². The van der Waals surface area contributed by atoms with Gasteiger partial charge in [0.1, 0.15) is 18.5 Å². The fourth-order valence-electron chi connectivity index (χ4n) is 5.55. The van der Waals surface area contributed by atoms with Crippen molar-refractivity contribution in [3.63, 3.8) is 0 Å². The minimum Gasteiger partial charge on any atom is -0.489 e. The summed E-state index contributed by atoms with van der Waals surface area (Å²) in [6.07, 6.45) is 2.49. The molecular formula is C34H41NO7. The first-order valence-electron chi connectivity index (χ1n) is 14.6. The minimum atomic E-state index is -1.17. The zero-order chi connectivity index (χ0) is 29.9. The average Bonchev–Trinajstić information content (AvgIpc) is 3.21. The Kier molecular flexibility index (Phi) is 11.5. The molecule has 2 N–H and O–H groups in total. The van der Waals surface area contributed by atoms with Crippen LogP contribution in [0.4, 0.5) is 0 Å². The molecule has 3 aromatic carbocycles. The Bertz CT molecular complexity index is 1240. The average molecular weight is 576 g/mol. The second-order valence-corrected chi connectivity index (χ2v) is 10.8. The van der Waals surface area contributed by atoms with Gasteiger partial charge in [0.25, 0.3) is 0 Å². The first kappa shape index (κ1) is 31.2. The van der Waals surface area contributed by atoms with Crippen LogP contribution in [0.2, 0.25) is 0 Å². The summed E-state index contributed by atoms with van der Waals surface area (Å²) in [6.45, 7) is 2.68. The van der Waals surface area contributed by atoms with Gasteiger partial charge in [-0.3, -0.25) is 0 Å². The van der Waals surface area contributed by atoms with Gasteiger partial charge in [-0.05, 0) is 68.5 Å². The van der Waals surface area contributed by atoms with E-state index in [-0.39, 0.29) is 6.10 Å². The summed E-state index contributed by atoms with van der Waals surface area (Å²) < 4.78 is 16.4. The number of hydrogen-bond acceptors (Lipinski definition) is 7. The van der Waals surface area contributed by atoms with Gasteiger partial charge >= 0.3 is 11.9 Å². The first-order chi connectivity index (χ1) is 20.3. The predicted octanol–water partition coefficient (Wildman–Crippen LogP) is 5.19. The monoisotopic (exact) mass is 575 g/mol. The zero-order valence-corrected chi connectivity index (χ0v) is 24.3. The molecule has 8 heteroatoms. The number of benzene rings is 3. The van der Waals surface area contributed by atoms with Gasteiger partial charge in [-0.1, -0.05) is 72.8 Å². The second-order valence-electron chi connectivity index (χ2n) is 10.8. The summed E-state index contributed by atoms with van der Waals surface area (Å²) in [7, 11) is 2.15. The van der Waals surface area contributed by atoms with Gasteiger partial charge in [0, 0.05) is 25.1 Å². The number of carbonyl (C=O) groups excluding carboxylic acids is 1. The fraction of sp³-hybridized carbons (Fsp3) is 0.412. The highest BCUT2D eigenvalue weighted by atomic mass is 16.6. The smallest absolute Gasteiger partial charge is 0.339 e. The van der Waals surface area contributed by atoms with Gasteiger partial charge in [0.2, 0.25) is 0 Å². The number of carboxylic acids is 1. The van der Waals surface area contributed by atoms with E-state index in [0.717, 1.165) is 29.7 Å². The molecule has 42 heavy (non-hydrogen) atoms. The third-order valence-corrected chi connectivity index (χ3v) is 7.91. The van der Waals surface area contributed by atoms with E-state index >= 15 is 0 Å². The molecule has 8 nitrogen and oxygen atoms in total. The summed E-state index contributed by atoms with van der Waals surface area (Å²) >= 11 is 0. The number of piperidine rings is 1. The van der Waals surface area contributed by atoms with Crippen molar-refractivity contribution < 1.29 is 34.0 Å². The number of rotatable bonds is 11. The fourth-order valence-corrected chi connectivity index (χ4v) is 5.55. The van der Waals surface area contributed by atoms with Crippen LogP contribution in [0.1, 0.15) is 55.4 Å². The third kappa shape index (κ3) is 8.89. The number of esters is 1. The van der Waals surface area contributed by atoms with Crippen molar-refractivity contribution >= 4 is 11.9 Å². The van der Waals surface area contributed by atoms with E-state index in [1.807, 2.05) is 72.8 Å². The minimum absolute atomic E-state index is 0.0467. The van der Waals surface area contributed by atoms with Crippen LogP contribution in [0.15, 0.2) is 84.9 Å². The van der Waals surface area contributed by atoms with Gasteiger partial charge < -0.3 is 29.3 Å². The van der Waals surface area contributed by atoms with Crippen molar-refractivity contribution in [2.45, 2.75) is 76.0 Å². The van der Waals surface area contributed by atoms with Crippen molar-refractivity contribution in [3.05, 3.63) is 102 Å². The molecule has 2 heterocycles. The molecule has 3 aromatic rings. The van der Waals surface area contributed by atoms with Crippen molar-refractivity contribution in [2.75, 3.05) is 13.7 Å². The number of aliphatic hydroxyl groups excluding tert-OH is 1. The van der Waals surface area contributed by atoms with Crippen molar-refractivity contribution in [2.24, 2.45) is 0 Å². The molecule has 2 aliphatic rings. The van der Waals surface area contributed by atoms with Crippen LogP contribution in [0.5, 0.6) is 5.75 Å². The summed E-state index contributed by atoms with van der Waals surface area (Å²) in [5.41, 5.74) is 2.61. The van der Waals surface area contributed by atoms with Crippen LogP contribution >= 0.6 is 0 Å². The summed E-state index contributed by atoms with van der Waals surface area (Å²) in [5, 5.41) is 19.1. The largest absolute Gasteiger partial charge is 0.489 e. The molecule has 0 radical (unpaired) electrons. The highest BCUT2D eigenvalue weighted by Crippen LogP contribution is 2.36. The maximum Gasteiger partial charge on any atom is 0.339 e. The Balaban J connectivity index is 0.000000193. The molecule has 0 amide bonds. The topological polar surface area (TPSA) is 106 Å². The Morgan fingerprint density at radius 3 is 2.05 bits per heavy atom. The van der Waals surface area contributed by atoms with Crippen LogP contribution in [-0.2, 0) is 32.1 Å². The number of aliphatic carboxylic acids is 1. The van der Waals surface area contributed by atoms with E-state index < -0.39 is 24.1 Å². The molecule has 5 atom stereocenters. The Hall–Kier alpha value is -3.72. The van der Waals surface area contributed by atoms with E-state index in [1.165, 1.54) is 12.8 Å². The molecule has 5 rings (SSSR count). The number of hydrogen-bond donors (Lipinski definition) is 2. The standard InChI is InChI=1S/C18H20O4.C16H21NO3/c1-2-21-17(18(19)20)12-14-8-10-16(11-9-14)22-13-15-6-4-3-5-7-15;1-17-12-7-8-13(17)10-14(9-12)20-16(19)15(18)11-5-3-2-4-6-11/h3-11,17H,2,12-13H2,1H3,(H,19,20);2-6,12-15,18H,7-10H2,1H3/t;12-,13+,14?,15?. The van der Waals surface area contributed by atoms with Crippen LogP contribution in [0.3, 0.4) is 0 Å². The molecule has 0 spiro atoms. The van der Waals surface area contributed by atoms with E-state index in [4.69, 9.17) is 19.3 Å². The lowest BCUT2D eigenvalue weighted by Crippen LogP contribution is -2.43. The molecule has 2 saturated heterocycles. The van der Waals surface area contributed by atoms with E-state index in [2.05, 4.69) is 11.9 Å². The third-order valence-electron chi connectivity index (χ3n) is 7.91. The normalized spacial score (nSPS) is 21.0. The molecular weight excluding hydrogens is 534 g/mol.